The molecule has 2 heterocycles. The first-order valence-corrected chi connectivity index (χ1v) is 7.58. The second-order valence-corrected chi connectivity index (χ2v) is 5.75. The molecule has 23 heavy (non-hydrogen) atoms. The number of nitrogens with one attached hydrogen (secondary N) is 1. The molecule has 0 saturated carbocycles. The maximum absolute atomic E-state index is 13.4. The molecule has 0 spiro atoms. The average Bonchev–Trinajstić information content (AvgIpc) is 2.89. The van der Waals surface area contributed by atoms with Crippen LogP contribution in [0.3, 0.4) is 0 Å². The van der Waals surface area contributed by atoms with Crippen molar-refractivity contribution in [2.75, 3.05) is 4.90 Å². The van der Waals surface area contributed by atoms with Crippen molar-refractivity contribution in [3.63, 3.8) is 0 Å². The highest BCUT2D eigenvalue weighted by Gasteiger charge is 2.34. The maximum Gasteiger partial charge on any atom is 0.270 e. The minimum absolute atomic E-state index is 0.108. The smallest absolute Gasteiger partial charge is 0.270 e. The molecule has 0 radical (unpaired) electrons. The Kier molecular flexibility index (Phi) is 4.10. The lowest BCUT2D eigenvalue weighted by molar-refractivity contribution is -0.122. The predicted octanol–water partition coefficient (Wildman–Crippen LogP) is 3.01. The number of carbonyl (C=O) groups excluding carboxylic acids is 2. The number of carbonyl (C=O) groups is 2. The molecule has 5 nitrogen and oxygen atoms in total. The second-order valence-electron chi connectivity index (χ2n) is 4.58. The molecule has 1 fully saturated rings. The third-order valence-corrected chi connectivity index (χ3v) is 3.76. The highest BCUT2D eigenvalue weighted by molar-refractivity contribution is 9.10. The zero-order chi connectivity index (χ0) is 16.6. The van der Waals surface area contributed by atoms with Crippen LogP contribution in [0.25, 0.3) is 6.08 Å². The third-order valence-electron chi connectivity index (χ3n) is 3.05. The van der Waals surface area contributed by atoms with E-state index in [-0.39, 0.29) is 16.4 Å². The molecule has 0 bridgehead atoms. The molecule has 0 unspecified atom stereocenters. The minimum atomic E-state index is -0.656. The first-order valence-electron chi connectivity index (χ1n) is 6.38. The van der Waals surface area contributed by atoms with E-state index in [0.29, 0.717) is 10.4 Å². The van der Waals surface area contributed by atoms with Crippen LogP contribution in [-0.2, 0) is 9.59 Å². The number of rotatable bonds is 2. The van der Waals surface area contributed by atoms with Gasteiger partial charge in [-0.3, -0.25) is 19.8 Å². The lowest BCUT2D eigenvalue weighted by Crippen LogP contribution is -2.54. The Morgan fingerprint density at radius 3 is 2.70 bits per heavy atom. The number of halogens is 2. The summed E-state index contributed by atoms with van der Waals surface area (Å²) in [5.74, 6) is -1.49. The Morgan fingerprint density at radius 1 is 1.26 bits per heavy atom. The molecule has 0 atom stereocenters. The molecular weight excluding hydrogens is 387 g/mol. The van der Waals surface area contributed by atoms with Crippen LogP contribution >= 0.6 is 28.1 Å². The quantitative estimate of drug-likeness (QED) is 0.483. The summed E-state index contributed by atoms with van der Waals surface area (Å²) in [6, 6.07) is 8.60. The Hall–Kier alpha value is -2.32. The summed E-state index contributed by atoms with van der Waals surface area (Å²) in [6.07, 6.45) is 1.30. The number of nitrogens with zero attached hydrogens (tertiary/aromatic N) is 1. The van der Waals surface area contributed by atoms with E-state index in [0.717, 1.165) is 11.0 Å². The van der Waals surface area contributed by atoms with Crippen molar-refractivity contribution in [3.8, 4) is 0 Å². The van der Waals surface area contributed by atoms with Gasteiger partial charge in [-0.15, -0.1) is 0 Å². The van der Waals surface area contributed by atoms with Gasteiger partial charge in [0.1, 0.15) is 17.2 Å². The van der Waals surface area contributed by atoms with Gasteiger partial charge in [-0.2, -0.15) is 0 Å². The zero-order valence-corrected chi connectivity index (χ0v) is 13.8. The van der Waals surface area contributed by atoms with Gasteiger partial charge in [0.25, 0.3) is 11.8 Å². The van der Waals surface area contributed by atoms with Crippen molar-refractivity contribution in [1.29, 1.82) is 0 Å². The average molecular weight is 395 g/mol. The predicted molar refractivity (Wildman–Crippen MR) is 89.0 cm³/mol. The van der Waals surface area contributed by atoms with Crippen molar-refractivity contribution in [2.45, 2.75) is 0 Å². The van der Waals surface area contributed by atoms with Crippen LogP contribution in [0, 0.1) is 5.82 Å². The lowest BCUT2D eigenvalue weighted by atomic mass is 10.1. The fourth-order valence-electron chi connectivity index (χ4n) is 2.06. The summed E-state index contributed by atoms with van der Waals surface area (Å²) in [4.78, 5) is 25.7. The SMILES string of the molecule is O=C1NC(=S)N(c2cccc(F)c2)C(=O)C1=Cc1ccc(Br)o1. The van der Waals surface area contributed by atoms with E-state index < -0.39 is 17.6 Å². The van der Waals surface area contributed by atoms with Gasteiger partial charge in [-0.05, 0) is 64.6 Å². The monoisotopic (exact) mass is 394 g/mol. The van der Waals surface area contributed by atoms with Crippen molar-refractivity contribution < 1.29 is 18.4 Å². The second kappa shape index (κ2) is 6.05. The minimum Gasteiger partial charge on any atom is -0.450 e. The third kappa shape index (κ3) is 3.08. The fourth-order valence-corrected chi connectivity index (χ4v) is 2.66. The molecule has 2 amide bonds. The fraction of sp³-hybridized carbons (Fsp3) is 0. The first kappa shape index (κ1) is 15.6. The van der Waals surface area contributed by atoms with Crippen LogP contribution in [0.1, 0.15) is 5.76 Å². The van der Waals surface area contributed by atoms with Gasteiger partial charge in [-0.25, -0.2) is 4.39 Å². The van der Waals surface area contributed by atoms with Crippen molar-refractivity contribution in [2.24, 2.45) is 0 Å². The van der Waals surface area contributed by atoms with E-state index in [1.807, 2.05) is 0 Å². The van der Waals surface area contributed by atoms with Crippen LogP contribution in [0.15, 0.2) is 51.1 Å². The molecule has 1 N–H and O–H groups in total. The molecule has 1 aromatic carbocycles. The lowest BCUT2D eigenvalue weighted by Gasteiger charge is -2.28. The van der Waals surface area contributed by atoms with Crippen LogP contribution in [0.2, 0.25) is 0 Å². The summed E-state index contributed by atoms with van der Waals surface area (Å²) >= 11 is 8.16. The largest absolute Gasteiger partial charge is 0.450 e. The molecule has 1 aromatic heterocycles. The van der Waals surface area contributed by atoms with Gasteiger partial charge >= 0.3 is 0 Å². The Bertz CT molecular complexity index is 862. The van der Waals surface area contributed by atoms with Crippen molar-refractivity contribution >= 4 is 56.8 Å². The molecule has 116 valence electrons. The van der Waals surface area contributed by atoms with Crippen LogP contribution in [0.5, 0.6) is 0 Å². The normalized spacial score (nSPS) is 16.9. The molecule has 1 saturated heterocycles. The molecule has 1 aliphatic rings. The van der Waals surface area contributed by atoms with E-state index in [4.69, 9.17) is 16.6 Å². The van der Waals surface area contributed by atoms with Crippen molar-refractivity contribution in [1.82, 2.24) is 5.32 Å². The number of benzene rings is 1. The first-order chi connectivity index (χ1) is 11.0. The van der Waals surface area contributed by atoms with Gasteiger partial charge in [0, 0.05) is 0 Å². The summed E-state index contributed by atoms with van der Waals surface area (Å²) in [7, 11) is 0. The standard InChI is InChI=1S/C15H8BrFN2O3S/c16-12-5-4-10(22-12)7-11-13(20)18-15(23)19(14(11)21)9-3-1-2-8(17)6-9/h1-7H,(H,18,20,23). The van der Waals surface area contributed by atoms with Crippen LogP contribution < -0.4 is 10.2 Å². The molecule has 0 aliphatic carbocycles. The van der Waals surface area contributed by atoms with Gasteiger partial charge in [0.05, 0.1) is 5.69 Å². The number of anilines is 1. The Labute approximate surface area is 143 Å². The van der Waals surface area contributed by atoms with E-state index in [1.54, 1.807) is 12.1 Å². The highest BCUT2D eigenvalue weighted by Crippen LogP contribution is 2.23. The van der Waals surface area contributed by atoms with Crippen molar-refractivity contribution in [3.05, 3.63) is 58.2 Å². The van der Waals surface area contributed by atoms with E-state index in [1.165, 1.54) is 24.3 Å². The van der Waals surface area contributed by atoms with Gasteiger partial charge in [0.15, 0.2) is 9.78 Å². The van der Waals surface area contributed by atoms with E-state index in [9.17, 15) is 14.0 Å². The molecular formula is C15H8BrFN2O3S. The van der Waals surface area contributed by atoms with E-state index in [2.05, 4.69) is 21.2 Å². The maximum atomic E-state index is 13.4. The van der Waals surface area contributed by atoms with Gasteiger partial charge < -0.3 is 4.42 Å². The number of hydrogen-bond acceptors (Lipinski definition) is 4. The summed E-state index contributed by atoms with van der Waals surface area (Å²) < 4.78 is 19.1. The number of furan rings is 1. The van der Waals surface area contributed by atoms with Gasteiger partial charge in [0.2, 0.25) is 0 Å². The van der Waals surface area contributed by atoms with Gasteiger partial charge in [-0.1, -0.05) is 6.07 Å². The zero-order valence-electron chi connectivity index (χ0n) is 11.4. The summed E-state index contributed by atoms with van der Waals surface area (Å²) in [5, 5.41) is 2.30. The topological polar surface area (TPSA) is 62.6 Å². The van der Waals surface area contributed by atoms with Crippen LogP contribution in [-0.4, -0.2) is 16.9 Å². The number of hydrogen-bond donors (Lipinski definition) is 1. The molecule has 3 rings (SSSR count). The molecule has 2 aromatic rings. The van der Waals surface area contributed by atoms with Crippen LogP contribution in [0.4, 0.5) is 10.1 Å². The highest BCUT2D eigenvalue weighted by atomic mass is 79.9. The Balaban J connectivity index is 2.02. The molecule has 8 heteroatoms. The summed E-state index contributed by atoms with van der Waals surface area (Å²) in [5.41, 5.74) is 0.0660. The number of amides is 2. The summed E-state index contributed by atoms with van der Waals surface area (Å²) in [6.45, 7) is 0. The van der Waals surface area contributed by atoms with E-state index >= 15 is 0 Å². The molecule has 1 aliphatic heterocycles. The Morgan fingerprint density at radius 2 is 2.04 bits per heavy atom. The number of thiocarbonyl (C=S) groups is 1.